The lowest BCUT2D eigenvalue weighted by Crippen LogP contribution is -2.27. The van der Waals surface area contributed by atoms with Gasteiger partial charge in [-0.2, -0.15) is 0 Å². The van der Waals surface area contributed by atoms with Gasteiger partial charge in [-0.3, -0.25) is 4.79 Å². The Labute approximate surface area is 156 Å². The molecule has 25 heavy (non-hydrogen) atoms. The molecule has 2 aromatic heterocycles. The summed E-state index contributed by atoms with van der Waals surface area (Å²) in [5.41, 5.74) is 3.34. The number of amides is 1. The molecule has 0 N–H and O–H groups in total. The standard InChI is InChI=1S/C20H20N2OS2/c1-24-20-16(15-9-3-2-4-10-15)17(21-11-5-6-12-21)18(25-20)19(23)22-13-7-8-14-22/h2-6,9-12H,7-8,13-14H2,1H3. The molecular formula is C20H20N2OS2. The summed E-state index contributed by atoms with van der Waals surface area (Å²) < 4.78 is 3.28. The minimum absolute atomic E-state index is 0.170. The molecule has 1 fully saturated rings. The zero-order valence-corrected chi connectivity index (χ0v) is 15.8. The Morgan fingerprint density at radius 2 is 1.72 bits per heavy atom. The van der Waals surface area contributed by atoms with Crippen molar-refractivity contribution < 1.29 is 4.79 Å². The number of hydrogen-bond donors (Lipinski definition) is 0. The molecule has 0 unspecified atom stereocenters. The Morgan fingerprint density at radius 1 is 1.04 bits per heavy atom. The first-order valence-corrected chi connectivity index (χ1v) is 10.5. The van der Waals surface area contributed by atoms with Crippen molar-refractivity contribution >= 4 is 29.0 Å². The Kier molecular flexibility index (Phi) is 4.68. The van der Waals surface area contributed by atoms with Crippen LogP contribution in [-0.2, 0) is 0 Å². The van der Waals surface area contributed by atoms with Crippen molar-refractivity contribution in [2.24, 2.45) is 0 Å². The number of nitrogens with zero attached hydrogens (tertiary/aromatic N) is 2. The lowest BCUT2D eigenvalue weighted by Gasteiger charge is -2.16. The van der Waals surface area contributed by atoms with Crippen LogP contribution in [0.2, 0.25) is 0 Å². The van der Waals surface area contributed by atoms with Crippen LogP contribution in [0.25, 0.3) is 16.8 Å². The lowest BCUT2D eigenvalue weighted by atomic mass is 10.1. The number of rotatable bonds is 4. The molecule has 0 bridgehead atoms. The normalized spacial score (nSPS) is 14.2. The van der Waals surface area contributed by atoms with Gasteiger partial charge in [0.25, 0.3) is 5.91 Å². The highest BCUT2D eigenvalue weighted by atomic mass is 32.2. The van der Waals surface area contributed by atoms with Crippen LogP contribution in [0.4, 0.5) is 0 Å². The fourth-order valence-corrected chi connectivity index (χ4v) is 5.37. The second-order valence-electron chi connectivity index (χ2n) is 6.10. The van der Waals surface area contributed by atoms with Gasteiger partial charge in [0.1, 0.15) is 4.88 Å². The maximum atomic E-state index is 13.2. The molecule has 5 heteroatoms. The minimum atomic E-state index is 0.170. The molecule has 0 atom stereocenters. The van der Waals surface area contributed by atoms with E-state index in [-0.39, 0.29) is 5.91 Å². The largest absolute Gasteiger partial charge is 0.338 e. The van der Waals surface area contributed by atoms with Crippen molar-refractivity contribution in [2.45, 2.75) is 17.1 Å². The van der Waals surface area contributed by atoms with E-state index in [1.54, 1.807) is 23.1 Å². The number of benzene rings is 1. The van der Waals surface area contributed by atoms with Gasteiger partial charge in [-0.15, -0.1) is 23.1 Å². The fourth-order valence-electron chi connectivity index (χ4n) is 3.34. The first kappa shape index (κ1) is 16.5. The Morgan fingerprint density at radius 3 is 2.36 bits per heavy atom. The topological polar surface area (TPSA) is 25.2 Å². The van der Waals surface area contributed by atoms with Crippen LogP contribution in [0.1, 0.15) is 22.5 Å². The monoisotopic (exact) mass is 368 g/mol. The summed E-state index contributed by atoms with van der Waals surface area (Å²) in [6, 6.07) is 14.4. The molecule has 3 aromatic rings. The molecule has 128 valence electrons. The van der Waals surface area contributed by atoms with Crippen molar-refractivity contribution in [3.63, 3.8) is 0 Å². The number of likely N-dealkylation sites (tertiary alicyclic amines) is 1. The van der Waals surface area contributed by atoms with E-state index < -0.39 is 0 Å². The summed E-state index contributed by atoms with van der Waals surface area (Å²) in [7, 11) is 0. The average Bonchev–Trinajstić information content (AvgIpc) is 3.41. The van der Waals surface area contributed by atoms with Gasteiger partial charge in [0, 0.05) is 31.0 Å². The van der Waals surface area contributed by atoms with Crippen LogP contribution < -0.4 is 0 Å². The molecule has 1 saturated heterocycles. The Bertz CT molecular complexity index is 863. The van der Waals surface area contributed by atoms with E-state index in [1.807, 2.05) is 35.5 Å². The third-order valence-corrected chi connectivity index (χ3v) is 6.84. The minimum Gasteiger partial charge on any atom is -0.338 e. The number of hydrogen-bond acceptors (Lipinski definition) is 3. The quantitative estimate of drug-likeness (QED) is 0.594. The van der Waals surface area contributed by atoms with Crippen LogP contribution in [0.5, 0.6) is 0 Å². The third kappa shape index (κ3) is 3.02. The van der Waals surface area contributed by atoms with Gasteiger partial charge in [0.05, 0.1) is 9.90 Å². The summed E-state index contributed by atoms with van der Waals surface area (Å²) in [5.74, 6) is 0.170. The Balaban J connectivity index is 1.92. The SMILES string of the molecule is CSc1sc(C(=O)N2CCCC2)c(-n2cccc2)c1-c1ccccc1. The van der Waals surface area contributed by atoms with Gasteiger partial charge in [-0.25, -0.2) is 0 Å². The third-order valence-electron chi connectivity index (χ3n) is 4.55. The van der Waals surface area contributed by atoms with Crippen molar-refractivity contribution in [3.05, 3.63) is 59.7 Å². The van der Waals surface area contributed by atoms with Gasteiger partial charge in [0.2, 0.25) is 0 Å². The highest BCUT2D eigenvalue weighted by molar-refractivity contribution is 8.00. The smallest absolute Gasteiger partial charge is 0.266 e. The molecule has 1 aromatic carbocycles. The first-order chi connectivity index (χ1) is 12.3. The van der Waals surface area contributed by atoms with Crippen molar-refractivity contribution in [3.8, 4) is 16.8 Å². The number of thiophene rings is 1. The number of carbonyl (C=O) groups excluding carboxylic acids is 1. The molecule has 0 spiro atoms. The summed E-state index contributed by atoms with van der Waals surface area (Å²) >= 11 is 3.34. The van der Waals surface area contributed by atoms with Crippen LogP contribution in [0, 0.1) is 0 Å². The number of thioether (sulfide) groups is 1. The maximum Gasteiger partial charge on any atom is 0.266 e. The van der Waals surface area contributed by atoms with Gasteiger partial charge >= 0.3 is 0 Å². The van der Waals surface area contributed by atoms with Gasteiger partial charge < -0.3 is 9.47 Å². The second kappa shape index (κ2) is 7.10. The zero-order valence-electron chi connectivity index (χ0n) is 14.1. The average molecular weight is 369 g/mol. The second-order valence-corrected chi connectivity index (χ2v) is 8.20. The van der Waals surface area contributed by atoms with E-state index in [4.69, 9.17) is 0 Å². The predicted molar refractivity (Wildman–Crippen MR) is 106 cm³/mol. The van der Waals surface area contributed by atoms with E-state index >= 15 is 0 Å². The van der Waals surface area contributed by atoms with E-state index in [0.29, 0.717) is 0 Å². The predicted octanol–water partition coefficient (Wildman–Crippen LogP) is 5.16. The molecule has 0 aliphatic carbocycles. The van der Waals surface area contributed by atoms with Crippen LogP contribution in [0.15, 0.2) is 59.1 Å². The summed E-state index contributed by atoms with van der Waals surface area (Å²) in [4.78, 5) is 16.0. The molecule has 4 rings (SSSR count). The molecule has 1 aliphatic rings. The van der Waals surface area contributed by atoms with Gasteiger partial charge in [0.15, 0.2) is 0 Å². The summed E-state index contributed by atoms with van der Waals surface area (Å²) in [5, 5.41) is 0. The van der Waals surface area contributed by atoms with Crippen molar-refractivity contribution in [2.75, 3.05) is 19.3 Å². The molecule has 0 saturated carbocycles. The fraction of sp³-hybridized carbons (Fsp3) is 0.250. The van der Waals surface area contributed by atoms with Gasteiger partial charge in [-0.1, -0.05) is 30.3 Å². The van der Waals surface area contributed by atoms with Crippen LogP contribution in [0.3, 0.4) is 0 Å². The van der Waals surface area contributed by atoms with Crippen molar-refractivity contribution in [1.29, 1.82) is 0 Å². The Hall–Kier alpha value is -1.98. The zero-order chi connectivity index (χ0) is 17.2. The van der Waals surface area contributed by atoms with E-state index in [1.165, 1.54) is 4.21 Å². The van der Waals surface area contributed by atoms with E-state index in [9.17, 15) is 4.79 Å². The van der Waals surface area contributed by atoms with Gasteiger partial charge in [-0.05, 0) is 36.8 Å². The first-order valence-electron chi connectivity index (χ1n) is 8.48. The molecule has 0 radical (unpaired) electrons. The molecule has 1 aliphatic heterocycles. The number of aromatic nitrogens is 1. The maximum absolute atomic E-state index is 13.2. The molecule has 1 amide bonds. The van der Waals surface area contributed by atoms with E-state index in [0.717, 1.165) is 47.6 Å². The molecular weight excluding hydrogens is 348 g/mol. The molecule has 3 heterocycles. The van der Waals surface area contributed by atoms with Crippen LogP contribution >= 0.6 is 23.1 Å². The highest BCUT2D eigenvalue weighted by Crippen LogP contribution is 2.44. The molecule has 3 nitrogen and oxygen atoms in total. The number of carbonyl (C=O) groups is 1. The highest BCUT2D eigenvalue weighted by Gasteiger charge is 2.28. The van der Waals surface area contributed by atoms with E-state index in [2.05, 4.69) is 35.1 Å². The summed E-state index contributed by atoms with van der Waals surface area (Å²) in [6.45, 7) is 1.74. The van der Waals surface area contributed by atoms with Crippen LogP contribution in [-0.4, -0.2) is 34.7 Å². The summed E-state index contributed by atoms with van der Waals surface area (Å²) in [6.07, 6.45) is 8.36. The van der Waals surface area contributed by atoms with Crippen molar-refractivity contribution in [1.82, 2.24) is 9.47 Å². The lowest BCUT2D eigenvalue weighted by molar-refractivity contribution is 0.0797.